The first-order valence-electron chi connectivity index (χ1n) is 7.64. The van der Waals surface area contributed by atoms with Gasteiger partial charge in [-0.15, -0.1) is 5.10 Å². The van der Waals surface area contributed by atoms with Crippen molar-refractivity contribution in [2.24, 2.45) is 0 Å². The molecule has 2 aliphatic heterocycles. The standard InChI is InChI=1S/C14H22N4O2/c1-2-4-12-15-16-14(20-12)17-9-6-11(7-10-17)18-8-3-5-13(18)19/h11H,2-10H2,1H3. The number of aromatic nitrogens is 2. The van der Waals surface area contributed by atoms with Crippen molar-refractivity contribution in [2.75, 3.05) is 24.5 Å². The van der Waals surface area contributed by atoms with Gasteiger partial charge in [0.15, 0.2) is 0 Å². The fourth-order valence-corrected chi connectivity index (χ4v) is 3.11. The average Bonchev–Trinajstić information content (AvgIpc) is 3.09. The summed E-state index contributed by atoms with van der Waals surface area (Å²) >= 11 is 0. The molecule has 2 aliphatic rings. The van der Waals surface area contributed by atoms with E-state index in [1.807, 2.05) is 0 Å². The Labute approximate surface area is 119 Å². The molecule has 2 saturated heterocycles. The number of nitrogens with zero attached hydrogens (tertiary/aromatic N) is 4. The molecule has 6 nitrogen and oxygen atoms in total. The van der Waals surface area contributed by atoms with Crippen LogP contribution >= 0.6 is 0 Å². The summed E-state index contributed by atoms with van der Waals surface area (Å²) in [5.41, 5.74) is 0. The van der Waals surface area contributed by atoms with Gasteiger partial charge in [-0.2, -0.15) is 0 Å². The minimum absolute atomic E-state index is 0.325. The average molecular weight is 278 g/mol. The number of rotatable bonds is 4. The van der Waals surface area contributed by atoms with Gasteiger partial charge in [0.05, 0.1) is 0 Å². The second-order valence-electron chi connectivity index (χ2n) is 5.64. The summed E-state index contributed by atoms with van der Waals surface area (Å²) < 4.78 is 5.67. The van der Waals surface area contributed by atoms with Crippen LogP contribution in [0.4, 0.5) is 6.01 Å². The van der Waals surface area contributed by atoms with E-state index in [1.54, 1.807) is 0 Å². The Morgan fingerprint density at radius 1 is 1.25 bits per heavy atom. The summed E-state index contributed by atoms with van der Waals surface area (Å²) in [5.74, 6) is 1.05. The molecule has 0 aliphatic carbocycles. The third kappa shape index (κ3) is 2.64. The van der Waals surface area contributed by atoms with Gasteiger partial charge in [-0.1, -0.05) is 12.0 Å². The number of amides is 1. The highest BCUT2D eigenvalue weighted by molar-refractivity contribution is 5.78. The molecule has 20 heavy (non-hydrogen) atoms. The lowest BCUT2D eigenvalue weighted by Crippen LogP contribution is -2.45. The monoisotopic (exact) mass is 278 g/mol. The highest BCUT2D eigenvalue weighted by Gasteiger charge is 2.31. The van der Waals surface area contributed by atoms with E-state index in [2.05, 4.69) is 26.9 Å². The quantitative estimate of drug-likeness (QED) is 0.837. The van der Waals surface area contributed by atoms with E-state index in [0.29, 0.717) is 18.0 Å². The van der Waals surface area contributed by atoms with Crippen molar-refractivity contribution in [2.45, 2.75) is 51.5 Å². The molecule has 3 heterocycles. The molecule has 1 amide bonds. The number of aryl methyl sites for hydroxylation is 1. The predicted molar refractivity (Wildman–Crippen MR) is 74.5 cm³/mol. The number of likely N-dealkylation sites (tertiary alicyclic amines) is 1. The first-order valence-corrected chi connectivity index (χ1v) is 7.64. The van der Waals surface area contributed by atoms with Crippen LogP contribution in [0.15, 0.2) is 4.42 Å². The molecule has 2 fully saturated rings. The molecule has 6 heteroatoms. The van der Waals surface area contributed by atoms with E-state index in [-0.39, 0.29) is 0 Å². The Bertz CT molecular complexity index is 465. The van der Waals surface area contributed by atoms with E-state index < -0.39 is 0 Å². The first kappa shape index (κ1) is 13.4. The van der Waals surface area contributed by atoms with Crippen molar-refractivity contribution in [1.82, 2.24) is 15.1 Å². The fourth-order valence-electron chi connectivity index (χ4n) is 3.11. The summed E-state index contributed by atoms with van der Waals surface area (Å²) in [5, 5.41) is 8.19. The van der Waals surface area contributed by atoms with Gasteiger partial charge >= 0.3 is 6.01 Å². The van der Waals surface area contributed by atoms with Gasteiger partial charge < -0.3 is 14.2 Å². The Balaban J connectivity index is 1.56. The van der Waals surface area contributed by atoms with Crippen molar-refractivity contribution in [3.8, 4) is 0 Å². The number of anilines is 1. The van der Waals surface area contributed by atoms with Crippen LogP contribution in [0.5, 0.6) is 0 Å². The fraction of sp³-hybridized carbons (Fsp3) is 0.786. The van der Waals surface area contributed by atoms with Crippen molar-refractivity contribution in [3.05, 3.63) is 5.89 Å². The second kappa shape index (κ2) is 5.81. The number of hydrogen-bond acceptors (Lipinski definition) is 5. The summed E-state index contributed by atoms with van der Waals surface area (Å²) in [7, 11) is 0. The molecule has 0 aromatic carbocycles. The maximum Gasteiger partial charge on any atom is 0.318 e. The molecule has 0 saturated carbocycles. The Hall–Kier alpha value is -1.59. The number of carbonyl (C=O) groups is 1. The number of hydrogen-bond donors (Lipinski definition) is 0. The van der Waals surface area contributed by atoms with Crippen LogP contribution in [0.3, 0.4) is 0 Å². The minimum Gasteiger partial charge on any atom is -0.408 e. The van der Waals surface area contributed by atoms with Crippen molar-refractivity contribution in [1.29, 1.82) is 0 Å². The van der Waals surface area contributed by atoms with Gasteiger partial charge in [0, 0.05) is 38.5 Å². The Morgan fingerprint density at radius 3 is 2.70 bits per heavy atom. The zero-order chi connectivity index (χ0) is 13.9. The smallest absolute Gasteiger partial charge is 0.318 e. The molecular weight excluding hydrogens is 256 g/mol. The first-order chi connectivity index (χ1) is 9.78. The molecule has 1 aromatic heterocycles. The van der Waals surface area contributed by atoms with Crippen LogP contribution in [-0.2, 0) is 11.2 Å². The topological polar surface area (TPSA) is 62.5 Å². The van der Waals surface area contributed by atoms with Gasteiger partial charge in [0.1, 0.15) is 0 Å². The largest absolute Gasteiger partial charge is 0.408 e. The number of piperidine rings is 1. The zero-order valence-electron chi connectivity index (χ0n) is 12.0. The summed E-state index contributed by atoms with van der Waals surface area (Å²) in [6.07, 6.45) is 5.59. The van der Waals surface area contributed by atoms with Crippen LogP contribution < -0.4 is 4.90 Å². The Morgan fingerprint density at radius 2 is 2.05 bits per heavy atom. The third-order valence-corrected chi connectivity index (χ3v) is 4.21. The molecule has 1 aromatic rings. The SMILES string of the molecule is CCCc1nnc(N2CCC(N3CCCC3=O)CC2)o1. The van der Waals surface area contributed by atoms with Gasteiger partial charge in [0.2, 0.25) is 11.8 Å². The van der Waals surface area contributed by atoms with Crippen molar-refractivity contribution >= 4 is 11.9 Å². The molecule has 0 unspecified atom stereocenters. The van der Waals surface area contributed by atoms with Crippen LogP contribution in [0.25, 0.3) is 0 Å². The number of carbonyl (C=O) groups excluding carboxylic acids is 1. The summed E-state index contributed by atoms with van der Waals surface area (Å²) in [6.45, 7) is 4.82. The second-order valence-corrected chi connectivity index (χ2v) is 5.64. The van der Waals surface area contributed by atoms with E-state index in [9.17, 15) is 4.79 Å². The minimum atomic E-state index is 0.325. The normalized spacial score (nSPS) is 20.9. The van der Waals surface area contributed by atoms with Crippen molar-refractivity contribution < 1.29 is 9.21 Å². The van der Waals surface area contributed by atoms with E-state index >= 15 is 0 Å². The van der Waals surface area contributed by atoms with Crippen LogP contribution in [0.2, 0.25) is 0 Å². The molecule has 0 bridgehead atoms. The highest BCUT2D eigenvalue weighted by Crippen LogP contribution is 2.24. The lowest BCUT2D eigenvalue weighted by Gasteiger charge is -2.35. The predicted octanol–water partition coefficient (Wildman–Crippen LogP) is 1.61. The van der Waals surface area contributed by atoms with E-state index in [1.165, 1.54) is 0 Å². The maximum atomic E-state index is 11.8. The molecule has 3 rings (SSSR count). The molecular formula is C14H22N4O2. The molecule has 110 valence electrons. The van der Waals surface area contributed by atoms with Gasteiger partial charge in [-0.25, -0.2) is 0 Å². The molecule has 0 spiro atoms. The zero-order valence-corrected chi connectivity index (χ0v) is 12.0. The van der Waals surface area contributed by atoms with Gasteiger partial charge in [-0.3, -0.25) is 4.79 Å². The van der Waals surface area contributed by atoms with E-state index in [0.717, 1.165) is 64.0 Å². The Kier molecular flexibility index (Phi) is 3.89. The van der Waals surface area contributed by atoms with Gasteiger partial charge in [0.25, 0.3) is 0 Å². The van der Waals surface area contributed by atoms with Crippen molar-refractivity contribution in [3.63, 3.8) is 0 Å². The van der Waals surface area contributed by atoms with Crippen LogP contribution in [0.1, 0.15) is 44.9 Å². The maximum absolute atomic E-state index is 11.8. The highest BCUT2D eigenvalue weighted by atomic mass is 16.4. The molecule has 0 radical (unpaired) electrons. The lowest BCUT2D eigenvalue weighted by atomic mass is 10.0. The van der Waals surface area contributed by atoms with Crippen LogP contribution in [-0.4, -0.2) is 46.7 Å². The van der Waals surface area contributed by atoms with Gasteiger partial charge in [-0.05, 0) is 25.7 Å². The molecule has 0 N–H and O–H groups in total. The lowest BCUT2D eigenvalue weighted by molar-refractivity contribution is -0.130. The summed E-state index contributed by atoms with van der Waals surface area (Å²) in [6, 6.07) is 1.04. The summed E-state index contributed by atoms with van der Waals surface area (Å²) in [4.78, 5) is 16.0. The molecule has 0 atom stereocenters. The van der Waals surface area contributed by atoms with Crippen LogP contribution in [0, 0.1) is 0 Å². The third-order valence-electron chi connectivity index (χ3n) is 4.21. The van der Waals surface area contributed by atoms with E-state index in [4.69, 9.17) is 4.42 Å².